The minimum atomic E-state index is -1.27. The van der Waals surface area contributed by atoms with E-state index in [1.165, 1.54) is 13.8 Å². The molecule has 0 aliphatic rings. The summed E-state index contributed by atoms with van der Waals surface area (Å²) in [6, 6.07) is -0.507. The summed E-state index contributed by atoms with van der Waals surface area (Å²) in [5.41, 5.74) is -1.27. The second-order valence-electron chi connectivity index (χ2n) is 3.92. The summed E-state index contributed by atoms with van der Waals surface area (Å²) in [6.45, 7) is 6.28. The van der Waals surface area contributed by atoms with Crippen LogP contribution < -0.4 is 10.6 Å². The van der Waals surface area contributed by atoms with Crippen molar-refractivity contribution in [3.63, 3.8) is 0 Å². The first-order valence-electron chi connectivity index (χ1n) is 5.27. The lowest BCUT2D eigenvalue weighted by molar-refractivity contribution is -0.142. The van der Waals surface area contributed by atoms with Crippen LogP contribution in [0.4, 0.5) is 4.79 Å². The predicted octanol–water partition coefficient (Wildman–Crippen LogP) is 0.575. The molecular formula is C10H20N2O4. The topological polar surface area (TPSA) is 87.7 Å². The maximum atomic E-state index is 11.3. The summed E-state index contributed by atoms with van der Waals surface area (Å²) in [6.07, 6.45) is 0.929. The summed E-state index contributed by atoms with van der Waals surface area (Å²) < 4.78 is 5.15. The monoisotopic (exact) mass is 232 g/mol. The molecule has 0 fully saturated rings. The molecule has 3 N–H and O–H groups in total. The van der Waals surface area contributed by atoms with E-state index in [9.17, 15) is 9.59 Å². The second-order valence-corrected chi connectivity index (χ2v) is 3.92. The van der Waals surface area contributed by atoms with Crippen LogP contribution in [0.5, 0.6) is 0 Å². The molecule has 16 heavy (non-hydrogen) atoms. The van der Waals surface area contributed by atoms with E-state index in [1.54, 1.807) is 0 Å². The van der Waals surface area contributed by atoms with Crippen LogP contribution >= 0.6 is 0 Å². The fraction of sp³-hybridized carbons (Fsp3) is 0.800. The van der Waals surface area contributed by atoms with Gasteiger partial charge in [-0.05, 0) is 20.3 Å². The number of hydrogen-bond acceptors (Lipinski definition) is 3. The number of aliphatic carboxylic acids is 1. The smallest absolute Gasteiger partial charge is 0.328 e. The minimum absolute atomic E-state index is 0.363. The van der Waals surface area contributed by atoms with E-state index in [4.69, 9.17) is 9.84 Å². The Labute approximate surface area is 95.4 Å². The third-order valence-corrected chi connectivity index (χ3v) is 1.84. The Balaban J connectivity index is 3.71. The van der Waals surface area contributed by atoms with Gasteiger partial charge in [0.25, 0.3) is 0 Å². The summed E-state index contributed by atoms with van der Waals surface area (Å²) in [4.78, 5) is 22.0. The fourth-order valence-corrected chi connectivity index (χ4v) is 0.865. The Morgan fingerprint density at radius 3 is 2.44 bits per heavy atom. The number of ether oxygens (including phenoxy) is 1. The molecule has 94 valence electrons. The van der Waals surface area contributed by atoms with E-state index >= 15 is 0 Å². The highest BCUT2D eigenvalue weighted by molar-refractivity contribution is 5.85. The maximum absolute atomic E-state index is 11.3. The van der Waals surface area contributed by atoms with Gasteiger partial charge in [0, 0.05) is 13.2 Å². The Hall–Kier alpha value is -1.30. The standard InChI is InChI=1S/C10H20N2O4/c1-4-6-16-7-5-11-9(15)12-10(2,3)8(13)14/h4-7H2,1-3H3,(H,13,14)(H2,11,12,15). The quantitative estimate of drug-likeness (QED) is 0.560. The zero-order valence-electron chi connectivity index (χ0n) is 10.0. The van der Waals surface area contributed by atoms with Crippen LogP contribution in [0.1, 0.15) is 27.2 Å². The zero-order chi connectivity index (χ0) is 12.6. The normalized spacial score (nSPS) is 10.9. The Kier molecular flexibility index (Phi) is 6.48. The minimum Gasteiger partial charge on any atom is -0.480 e. The van der Waals surface area contributed by atoms with Crippen LogP contribution in [0.2, 0.25) is 0 Å². The van der Waals surface area contributed by atoms with E-state index < -0.39 is 17.5 Å². The van der Waals surface area contributed by atoms with Crippen molar-refractivity contribution in [2.45, 2.75) is 32.7 Å². The van der Waals surface area contributed by atoms with Crippen molar-refractivity contribution < 1.29 is 19.4 Å². The molecule has 0 heterocycles. The van der Waals surface area contributed by atoms with Gasteiger partial charge in [0.1, 0.15) is 5.54 Å². The van der Waals surface area contributed by atoms with E-state index in [-0.39, 0.29) is 0 Å². The van der Waals surface area contributed by atoms with Gasteiger partial charge in [0.15, 0.2) is 0 Å². The molecule has 0 aliphatic heterocycles. The zero-order valence-corrected chi connectivity index (χ0v) is 10.0. The van der Waals surface area contributed by atoms with Gasteiger partial charge in [-0.25, -0.2) is 9.59 Å². The molecule has 0 bridgehead atoms. The molecular weight excluding hydrogens is 212 g/mol. The molecule has 0 unspecified atom stereocenters. The Morgan fingerprint density at radius 2 is 1.94 bits per heavy atom. The van der Waals surface area contributed by atoms with E-state index in [0.717, 1.165) is 6.42 Å². The molecule has 0 radical (unpaired) electrons. The van der Waals surface area contributed by atoms with Gasteiger partial charge < -0.3 is 20.5 Å². The van der Waals surface area contributed by atoms with Crippen molar-refractivity contribution in [2.75, 3.05) is 19.8 Å². The first-order valence-corrected chi connectivity index (χ1v) is 5.27. The third-order valence-electron chi connectivity index (χ3n) is 1.84. The molecule has 2 amide bonds. The van der Waals surface area contributed by atoms with E-state index in [2.05, 4.69) is 10.6 Å². The summed E-state index contributed by atoms with van der Waals surface area (Å²) >= 11 is 0. The van der Waals surface area contributed by atoms with Crippen LogP contribution in [0.25, 0.3) is 0 Å². The number of carbonyl (C=O) groups is 2. The lowest BCUT2D eigenvalue weighted by Gasteiger charge is -2.21. The predicted molar refractivity (Wildman–Crippen MR) is 59.4 cm³/mol. The highest BCUT2D eigenvalue weighted by Gasteiger charge is 2.28. The van der Waals surface area contributed by atoms with Gasteiger partial charge in [0.05, 0.1) is 6.61 Å². The number of carboxylic acid groups (broad SMARTS) is 1. The molecule has 0 spiro atoms. The molecule has 0 atom stereocenters. The molecule has 0 aliphatic carbocycles. The first-order chi connectivity index (χ1) is 7.40. The van der Waals surface area contributed by atoms with Crippen LogP contribution in [0, 0.1) is 0 Å². The van der Waals surface area contributed by atoms with Crippen molar-refractivity contribution in [1.82, 2.24) is 10.6 Å². The number of carboxylic acids is 1. The first kappa shape index (κ1) is 14.7. The van der Waals surface area contributed by atoms with Gasteiger partial charge >= 0.3 is 12.0 Å². The van der Waals surface area contributed by atoms with E-state index in [0.29, 0.717) is 19.8 Å². The number of carbonyl (C=O) groups excluding carboxylic acids is 1. The van der Waals surface area contributed by atoms with Crippen molar-refractivity contribution in [1.29, 1.82) is 0 Å². The largest absolute Gasteiger partial charge is 0.480 e. The van der Waals surface area contributed by atoms with Crippen molar-refractivity contribution in [3.8, 4) is 0 Å². The van der Waals surface area contributed by atoms with Crippen LogP contribution in [-0.4, -0.2) is 42.4 Å². The summed E-state index contributed by atoms with van der Waals surface area (Å²) in [5.74, 6) is -1.08. The second kappa shape index (κ2) is 7.05. The fourth-order valence-electron chi connectivity index (χ4n) is 0.865. The average Bonchev–Trinajstić information content (AvgIpc) is 2.16. The lowest BCUT2D eigenvalue weighted by atomic mass is 10.1. The number of nitrogens with one attached hydrogen (secondary N) is 2. The highest BCUT2D eigenvalue weighted by Crippen LogP contribution is 2.00. The molecule has 0 aromatic heterocycles. The third kappa shape index (κ3) is 6.23. The Bertz CT molecular complexity index is 241. The van der Waals surface area contributed by atoms with E-state index in [1.807, 2.05) is 6.92 Å². The van der Waals surface area contributed by atoms with Crippen LogP contribution in [0.15, 0.2) is 0 Å². The number of rotatable bonds is 7. The van der Waals surface area contributed by atoms with Crippen molar-refractivity contribution >= 4 is 12.0 Å². The number of urea groups is 1. The maximum Gasteiger partial charge on any atom is 0.328 e. The highest BCUT2D eigenvalue weighted by atomic mass is 16.5. The SMILES string of the molecule is CCCOCCNC(=O)NC(C)(C)C(=O)O. The molecule has 0 saturated carbocycles. The molecule has 6 heteroatoms. The summed E-state index contributed by atoms with van der Waals surface area (Å²) in [5, 5.41) is 13.6. The number of hydrogen-bond donors (Lipinski definition) is 3. The number of amides is 2. The van der Waals surface area contributed by atoms with Crippen LogP contribution in [-0.2, 0) is 9.53 Å². The average molecular weight is 232 g/mol. The van der Waals surface area contributed by atoms with Crippen molar-refractivity contribution in [2.24, 2.45) is 0 Å². The summed E-state index contributed by atoms with van der Waals surface area (Å²) in [7, 11) is 0. The van der Waals surface area contributed by atoms with Gasteiger partial charge in [0.2, 0.25) is 0 Å². The lowest BCUT2D eigenvalue weighted by Crippen LogP contribution is -2.53. The van der Waals surface area contributed by atoms with Crippen molar-refractivity contribution in [3.05, 3.63) is 0 Å². The molecule has 6 nitrogen and oxygen atoms in total. The Morgan fingerprint density at radius 1 is 1.31 bits per heavy atom. The molecule has 0 rings (SSSR count). The van der Waals surface area contributed by atoms with Crippen LogP contribution in [0.3, 0.4) is 0 Å². The van der Waals surface area contributed by atoms with Gasteiger partial charge in [-0.2, -0.15) is 0 Å². The van der Waals surface area contributed by atoms with Gasteiger partial charge in [-0.15, -0.1) is 0 Å². The van der Waals surface area contributed by atoms with Gasteiger partial charge in [-0.3, -0.25) is 0 Å². The molecule has 0 aromatic carbocycles. The van der Waals surface area contributed by atoms with Gasteiger partial charge in [-0.1, -0.05) is 6.92 Å². The molecule has 0 aromatic rings. The molecule has 0 saturated heterocycles.